The minimum Gasteiger partial charge on any atom is -0.324 e. The molecule has 22 heavy (non-hydrogen) atoms. The Morgan fingerprint density at radius 2 is 2.27 bits per heavy atom. The molecule has 3 rings (SSSR count). The minimum atomic E-state index is -0.445. The van der Waals surface area contributed by atoms with Crippen molar-refractivity contribution in [2.45, 2.75) is 44.6 Å². The zero-order valence-electron chi connectivity index (χ0n) is 13.0. The van der Waals surface area contributed by atoms with Crippen molar-refractivity contribution < 1.29 is 9.59 Å². The molecular weight excluding hydrogens is 278 g/mol. The topological polar surface area (TPSA) is 61.4 Å². The number of carbonyl (C=O) groups excluding carboxylic acids is 2. The molecule has 1 atom stereocenters. The number of hydrogen-bond donors (Lipinski definition) is 2. The van der Waals surface area contributed by atoms with Crippen molar-refractivity contribution >= 4 is 23.2 Å². The molecule has 2 aliphatic heterocycles. The molecular formula is C17H23N3O2. The lowest BCUT2D eigenvalue weighted by molar-refractivity contribution is -0.122. The van der Waals surface area contributed by atoms with E-state index in [4.69, 9.17) is 0 Å². The molecule has 2 amide bonds. The second-order valence-corrected chi connectivity index (χ2v) is 6.12. The summed E-state index contributed by atoms with van der Waals surface area (Å²) < 4.78 is 0. The van der Waals surface area contributed by atoms with Crippen LogP contribution in [0.3, 0.4) is 0 Å². The second kappa shape index (κ2) is 6.08. The van der Waals surface area contributed by atoms with Crippen LogP contribution in [0.1, 0.15) is 39.0 Å². The maximum atomic E-state index is 12.6. The lowest BCUT2D eigenvalue weighted by Gasteiger charge is -2.27. The van der Waals surface area contributed by atoms with Crippen LogP contribution in [0.2, 0.25) is 0 Å². The SMILES string of the molecule is CCC1(C(=O)Nc2cccc(N3CCCC3=O)c2)CCCN1. The van der Waals surface area contributed by atoms with Crippen molar-refractivity contribution in [2.75, 3.05) is 23.3 Å². The summed E-state index contributed by atoms with van der Waals surface area (Å²) in [5.41, 5.74) is 1.17. The molecule has 0 bridgehead atoms. The van der Waals surface area contributed by atoms with Crippen LogP contribution in [0, 0.1) is 0 Å². The van der Waals surface area contributed by atoms with E-state index >= 15 is 0 Å². The Kier molecular flexibility index (Phi) is 4.16. The highest BCUT2D eigenvalue weighted by atomic mass is 16.2. The molecule has 0 aliphatic carbocycles. The summed E-state index contributed by atoms with van der Waals surface area (Å²) in [6.07, 6.45) is 4.20. The summed E-state index contributed by atoms with van der Waals surface area (Å²) in [4.78, 5) is 26.2. The highest BCUT2D eigenvalue weighted by Gasteiger charge is 2.39. The number of hydrogen-bond acceptors (Lipinski definition) is 3. The molecule has 1 aromatic carbocycles. The molecule has 5 heteroatoms. The summed E-state index contributed by atoms with van der Waals surface area (Å²) >= 11 is 0. The molecule has 2 fully saturated rings. The fourth-order valence-corrected chi connectivity index (χ4v) is 3.39. The number of nitrogens with one attached hydrogen (secondary N) is 2. The average Bonchev–Trinajstić information content (AvgIpc) is 3.17. The van der Waals surface area contributed by atoms with Crippen LogP contribution >= 0.6 is 0 Å². The van der Waals surface area contributed by atoms with E-state index in [1.165, 1.54) is 0 Å². The van der Waals surface area contributed by atoms with E-state index in [9.17, 15) is 9.59 Å². The van der Waals surface area contributed by atoms with Gasteiger partial charge < -0.3 is 15.5 Å². The Labute approximate surface area is 131 Å². The van der Waals surface area contributed by atoms with Crippen molar-refractivity contribution in [1.82, 2.24) is 5.32 Å². The van der Waals surface area contributed by atoms with Gasteiger partial charge >= 0.3 is 0 Å². The van der Waals surface area contributed by atoms with Gasteiger partial charge in [-0.3, -0.25) is 9.59 Å². The molecule has 2 N–H and O–H groups in total. The molecule has 5 nitrogen and oxygen atoms in total. The maximum absolute atomic E-state index is 12.6. The summed E-state index contributed by atoms with van der Waals surface area (Å²) in [5, 5.41) is 6.35. The summed E-state index contributed by atoms with van der Waals surface area (Å²) in [6.45, 7) is 3.69. The molecule has 0 saturated carbocycles. The highest BCUT2D eigenvalue weighted by Crippen LogP contribution is 2.27. The molecule has 1 unspecified atom stereocenters. The van der Waals surface area contributed by atoms with Crippen LogP contribution in [0.5, 0.6) is 0 Å². The normalized spacial score (nSPS) is 24.8. The predicted molar refractivity (Wildman–Crippen MR) is 86.9 cm³/mol. The molecule has 0 radical (unpaired) electrons. The van der Waals surface area contributed by atoms with E-state index in [1.54, 1.807) is 4.90 Å². The lowest BCUT2D eigenvalue weighted by atomic mass is 9.93. The predicted octanol–water partition coefficient (Wildman–Crippen LogP) is 2.28. The zero-order chi connectivity index (χ0) is 15.6. The summed E-state index contributed by atoms with van der Waals surface area (Å²) in [5.74, 6) is 0.184. The third-order valence-corrected chi connectivity index (χ3v) is 4.77. The molecule has 0 spiro atoms. The van der Waals surface area contributed by atoms with Crippen LogP contribution in [0.25, 0.3) is 0 Å². The van der Waals surface area contributed by atoms with E-state index in [0.29, 0.717) is 6.42 Å². The van der Waals surface area contributed by atoms with E-state index in [1.807, 2.05) is 31.2 Å². The average molecular weight is 301 g/mol. The third kappa shape index (κ3) is 2.73. The second-order valence-electron chi connectivity index (χ2n) is 6.12. The summed E-state index contributed by atoms with van der Waals surface area (Å²) in [7, 11) is 0. The van der Waals surface area contributed by atoms with Crippen molar-refractivity contribution in [3.63, 3.8) is 0 Å². The van der Waals surface area contributed by atoms with Crippen molar-refractivity contribution in [1.29, 1.82) is 0 Å². The minimum absolute atomic E-state index is 0.0254. The van der Waals surface area contributed by atoms with Gasteiger partial charge in [0.1, 0.15) is 0 Å². The van der Waals surface area contributed by atoms with Crippen LogP contribution in [0.15, 0.2) is 24.3 Å². The van der Waals surface area contributed by atoms with Gasteiger partial charge in [-0.2, -0.15) is 0 Å². The molecule has 2 aliphatic rings. The van der Waals surface area contributed by atoms with Crippen molar-refractivity contribution in [3.05, 3.63) is 24.3 Å². The molecule has 2 saturated heterocycles. The van der Waals surface area contributed by atoms with Gasteiger partial charge in [-0.15, -0.1) is 0 Å². The first-order chi connectivity index (χ1) is 10.6. The van der Waals surface area contributed by atoms with E-state index < -0.39 is 5.54 Å². The van der Waals surface area contributed by atoms with Gasteiger partial charge in [0.15, 0.2) is 0 Å². The number of rotatable bonds is 4. The van der Waals surface area contributed by atoms with Crippen LogP contribution in [0.4, 0.5) is 11.4 Å². The Balaban J connectivity index is 1.75. The first-order valence-electron chi connectivity index (χ1n) is 8.11. The van der Waals surface area contributed by atoms with Gasteiger partial charge in [-0.1, -0.05) is 13.0 Å². The maximum Gasteiger partial charge on any atom is 0.244 e. The molecule has 1 aromatic rings. The van der Waals surface area contributed by atoms with Crippen LogP contribution in [-0.4, -0.2) is 30.4 Å². The van der Waals surface area contributed by atoms with Crippen LogP contribution in [-0.2, 0) is 9.59 Å². The number of carbonyl (C=O) groups is 2. The molecule has 2 heterocycles. The third-order valence-electron chi connectivity index (χ3n) is 4.77. The fraction of sp³-hybridized carbons (Fsp3) is 0.529. The Morgan fingerprint density at radius 1 is 1.41 bits per heavy atom. The van der Waals surface area contributed by atoms with Gasteiger partial charge in [0.05, 0.1) is 5.54 Å². The highest BCUT2D eigenvalue weighted by molar-refractivity contribution is 6.00. The standard InChI is InChI=1S/C17H23N3O2/c1-2-17(9-5-10-18-17)16(22)19-13-6-3-7-14(12-13)20-11-4-8-15(20)21/h3,6-7,12,18H,2,4-5,8-11H2,1H3,(H,19,22). The quantitative estimate of drug-likeness (QED) is 0.897. The fourth-order valence-electron chi connectivity index (χ4n) is 3.39. The lowest BCUT2D eigenvalue weighted by Crippen LogP contribution is -2.50. The molecule has 118 valence electrons. The summed E-state index contributed by atoms with van der Waals surface area (Å²) in [6, 6.07) is 7.57. The Bertz CT molecular complexity index is 579. The van der Waals surface area contributed by atoms with Gasteiger partial charge in [0.25, 0.3) is 0 Å². The zero-order valence-corrected chi connectivity index (χ0v) is 13.0. The van der Waals surface area contributed by atoms with Gasteiger partial charge in [-0.25, -0.2) is 0 Å². The first-order valence-corrected chi connectivity index (χ1v) is 8.11. The molecule has 0 aromatic heterocycles. The van der Waals surface area contributed by atoms with Gasteiger partial charge in [0, 0.05) is 24.3 Å². The monoisotopic (exact) mass is 301 g/mol. The van der Waals surface area contributed by atoms with E-state index in [-0.39, 0.29) is 11.8 Å². The van der Waals surface area contributed by atoms with Crippen LogP contribution < -0.4 is 15.5 Å². The number of amides is 2. The van der Waals surface area contributed by atoms with E-state index in [0.717, 1.165) is 50.1 Å². The van der Waals surface area contributed by atoms with Crippen molar-refractivity contribution in [3.8, 4) is 0 Å². The van der Waals surface area contributed by atoms with E-state index in [2.05, 4.69) is 10.6 Å². The number of nitrogens with zero attached hydrogens (tertiary/aromatic N) is 1. The first kappa shape index (κ1) is 15.0. The Hall–Kier alpha value is -1.88. The number of anilines is 2. The largest absolute Gasteiger partial charge is 0.324 e. The Morgan fingerprint density at radius 3 is 2.91 bits per heavy atom. The smallest absolute Gasteiger partial charge is 0.244 e. The number of benzene rings is 1. The van der Waals surface area contributed by atoms with Gasteiger partial charge in [0.2, 0.25) is 11.8 Å². The van der Waals surface area contributed by atoms with Crippen molar-refractivity contribution in [2.24, 2.45) is 0 Å². The van der Waals surface area contributed by atoms with Gasteiger partial charge in [-0.05, 0) is 50.4 Å².